The number of ether oxygens (including phenoxy) is 1. The summed E-state index contributed by atoms with van der Waals surface area (Å²) in [6, 6.07) is 8.12. The number of thiazole rings is 1. The van der Waals surface area contributed by atoms with Crippen molar-refractivity contribution in [2.75, 3.05) is 33.4 Å². The molecule has 1 aliphatic rings. The summed E-state index contributed by atoms with van der Waals surface area (Å²) in [4.78, 5) is 33.3. The molecule has 3 aromatic rings. The van der Waals surface area contributed by atoms with Crippen LogP contribution in [0.3, 0.4) is 0 Å². The minimum atomic E-state index is -0.0682. The van der Waals surface area contributed by atoms with Crippen LogP contribution in [-0.4, -0.2) is 55.0 Å². The van der Waals surface area contributed by atoms with Gasteiger partial charge in [-0.25, -0.2) is 4.98 Å². The highest BCUT2D eigenvalue weighted by molar-refractivity contribution is 7.21. The van der Waals surface area contributed by atoms with E-state index in [1.807, 2.05) is 30.0 Å². The van der Waals surface area contributed by atoms with Gasteiger partial charge >= 0.3 is 0 Å². The van der Waals surface area contributed by atoms with Gasteiger partial charge in [0.25, 0.3) is 11.8 Å². The fraction of sp³-hybridized carbons (Fsp3) is 0.381. The van der Waals surface area contributed by atoms with Crippen LogP contribution >= 0.6 is 22.7 Å². The van der Waals surface area contributed by atoms with E-state index in [9.17, 15) is 9.59 Å². The lowest BCUT2D eigenvalue weighted by molar-refractivity contribution is 0.0794. The Bertz CT molecular complexity index is 1040. The molecule has 4 rings (SSSR count). The fourth-order valence-corrected chi connectivity index (χ4v) is 5.79. The predicted octanol–water partition coefficient (Wildman–Crippen LogP) is 3.67. The van der Waals surface area contributed by atoms with Crippen LogP contribution in [0.15, 0.2) is 29.8 Å². The van der Waals surface area contributed by atoms with E-state index in [2.05, 4.69) is 16.4 Å². The maximum absolute atomic E-state index is 12.9. The van der Waals surface area contributed by atoms with Crippen molar-refractivity contribution >= 4 is 44.6 Å². The summed E-state index contributed by atoms with van der Waals surface area (Å²) in [6.07, 6.45) is 0.850. The summed E-state index contributed by atoms with van der Waals surface area (Å²) in [5, 5.41) is 4.06. The van der Waals surface area contributed by atoms with Crippen molar-refractivity contribution < 1.29 is 14.3 Å². The molecule has 0 radical (unpaired) electrons. The number of hydrogen-bond acceptors (Lipinski definition) is 6. The first-order valence-electron chi connectivity index (χ1n) is 9.58. The summed E-state index contributed by atoms with van der Waals surface area (Å²) in [6.45, 7) is 4.13. The normalized spacial score (nSPS) is 16.5. The van der Waals surface area contributed by atoms with E-state index < -0.39 is 0 Å². The Hall–Kier alpha value is -2.29. The molecular weight excluding hydrogens is 406 g/mol. The quantitative estimate of drug-likeness (QED) is 0.607. The Morgan fingerprint density at radius 3 is 2.90 bits per heavy atom. The van der Waals surface area contributed by atoms with Gasteiger partial charge in [0.2, 0.25) is 0 Å². The largest absolute Gasteiger partial charge is 0.383 e. The number of fused-ring (bicyclic) bond motifs is 1. The van der Waals surface area contributed by atoms with Gasteiger partial charge in [0.15, 0.2) is 0 Å². The zero-order valence-corrected chi connectivity index (χ0v) is 18.1. The van der Waals surface area contributed by atoms with E-state index in [-0.39, 0.29) is 17.7 Å². The van der Waals surface area contributed by atoms with E-state index in [0.29, 0.717) is 31.1 Å². The number of aryl methyl sites for hydroxylation is 1. The van der Waals surface area contributed by atoms with Gasteiger partial charge in [0.1, 0.15) is 4.88 Å². The first-order chi connectivity index (χ1) is 14.1. The molecule has 152 valence electrons. The summed E-state index contributed by atoms with van der Waals surface area (Å²) in [7, 11) is 1.62. The van der Waals surface area contributed by atoms with Gasteiger partial charge in [-0.05, 0) is 30.4 Å². The Morgan fingerprint density at radius 1 is 1.31 bits per heavy atom. The Morgan fingerprint density at radius 2 is 2.14 bits per heavy atom. The van der Waals surface area contributed by atoms with Crippen LogP contribution in [0.2, 0.25) is 0 Å². The summed E-state index contributed by atoms with van der Waals surface area (Å²) in [5.41, 5.74) is 3.56. The van der Waals surface area contributed by atoms with Gasteiger partial charge in [-0.15, -0.1) is 22.7 Å². The van der Waals surface area contributed by atoms with Crippen LogP contribution in [0, 0.1) is 6.92 Å². The molecule has 2 aromatic heterocycles. The molecule has 6 nitrogen and oxygen atoms in total. The second-order valence-electron chi connectivity index (χ2n) is 7.09. The third-order valence-electron chi connectivity index (χ3n) is 5.26. The van der Waals surface area contributed by atoms with Gasteiger partial charge in [-0.3, -0.25) is 9.59 Å². The van der Waals surface area contributed by atoms with Crippen LogP contribution in [0.5, 0.6) is 0 Å². The van der Waals surface area contributed by atoms with Gasteiger partial charge in [-0.1, -0.05) is 18.2 Å². The topological polar surface area (TPSA) is 71.5 Å². The minimum absolute atomic E-state index is 0.0399. The maximum Gasteiger partial charge on any atom is 0.265 e. The molecule has 1 atom stereocenters. The van der Waals surface area contributed by atoms with Crippen molar-refractivity contribution in [2.24, 2.45) is 0 Å². The molecule has 1 fully saturated rings. The molecule has 1 saturated heterocycles. The smallest absolute Gasteiger partial charge is 0.265 e. The number of amides is 2. The Balaban J connectivity index is 1.61. The molecule has 0 spiro atoms. The van der Waals surface area contributed by atoms with Crippen LogP contribution in [-0.2, 0) is 4.74 Å². The van der Waals surface area contributed by atoms with Crippen LogP contribution in [0.25, 0.3) is 10.1 Å². The Kier molecular flexibility index (Phi) is 5.94. The highest BCUT2D eigenvalue weighted by Gasteiger charge is 2.33. The second-order valence-corrected chi connectivity index (χ2v) is 9.00. The molecule has 2 amide bonds. The molecule has 8 heteroatoms. The van der Waals surface area contributed by atoms with Crippen molar-refractivity contribution in [3.63, 3.8) is 0 Å². The standard InChI is InChI=1S/C21H23N3O3S2/c1-13-18(28-12-23-13)21(26)24-9-7-14(11-24)17-15-5-3-4-6-16(15)29-19(17)20(25)22-8-10-27-2/h3-6,12,14H,7-11H2,1-2H3,(H,22,25)/t14-/m1/s1. The molecule has 0 aliphatic carbocycles. The van der Waals surface area contributed by atoms with Crippen molar-refractivity contribution in [3.8, 4) is 0 Å². The predicted molar refractivity (Wildman–Crippen MR) is 116 cm³/mol. The molecule has 1 aliphatic heterocycles. The van der Waals surface area contributed by atoms with E-state index in [0.717, 1.165) is 32.6 Å². The van der Waals surface area contributed by atoms with E-state index in [1.54, 1.807) is 12.6 Å². The van der Waals surface area contributed by atoms with Crippen LogP contribution < -0.4 is 5.32 Å². The monoisotopic (exact) mass is 429 g/mol. The van der Waals surface area contributed by atoms with E-state index in [4.69, 9.17) is 4.74 Å². The van der Waals surface area contributed by atoms with Gasteiger partial charge < -0.3 is 15.0 Å². The van der Waals surface area contributed by atoms with E-state index in [1.165, 1.54) is 22.7 Å². The molecule has 0 saturated carbocycles. The maximum atomic E-state index is 12.9. The number of aromatic nitrogens is 1. The summed E-state index contributed by atoms with van der Waals surface area (Å²) >= 11 is 2.91. The zero-order valence-electron chi connectivity index (χ0n) is 16.4. The van der Waals surface area contributed by atoms with Crippen molar-refractivity contribution in [1.82, 2.24) is 15.2 Å². The number of nitrogens with zero attached hydrogens (tertiary/aromatic N) is 2. The minimum Gasteiger partial charge on any atom is -0.383 e. The number of methoxy groups -OCH3 is 1. The lowest BCUT2D eigenvalue weighted by atomic mass is 9.95. The van der Waals surface area contributed by atoms with Crippen LogP contribution in [0.4, 0.5) is 0 Å². The fourth-order valence-electron chi connectivity index (χ4n) is 3.82. The van der Waals surface area contributed by atoms with Crippen molar-refractivity contribution in [2.45, 2.75) is 19.3 Å². The highest BCUT2D eigenvalue weighted by atomic mass is 32.1. The molecule has 3 heterocycles. The lowest BCUT2D eigenvalue weighted by Gasteiger charge is -2.17. The van der Waals surface area contributed by atoms with Gasteiger partial charge in [-0.2, -0.15) is 0 Å². The highest BCUT2D eigenvalue weighted by Crippen LogP contribution is 2.40. The third-order valence-corrected chi connectivity index (χ3v) is 7.36. The number of carbonyl (C=O) groups is 2. The summed E-state index contributed by atoms with van der Waals surface area (Å²) < 4.78 is 6.14. The molecular formula is C21H23N3O3S2. The first kappa shape index (κ1) is 20.0. The molecule has 0 bridgehead atoms. The number of likely N-dealkylation sites (tertiary alicyclic amines) is 1. The zero-order chi connectivity index (χ0) is 20.4. The molecule has 1 N–H and O–H groups in total. The number of benzene rings is 1. The van der Waals surface area contributed by atoms with Crippen LogP contribution in [0.1, 0.15) is 42.9 Å². The van der Waals surface area contributed by atoms with Gasteiger partial charge in [0, 0.05) is 37.4 Å². The SMILES string of the molecule is COCCNC(=O)c1sc2ccccc2c1[C@@H]1CCN(C(=O)c2scnc2C)C1. The molecule has 29 heavy (non-hydrogen) atoms. The number of hydrogen-bond donors (Lipinski definition) is 1. The Labute approximate surface area is 177 Å². The lowest BCUT2D eigenvalue weighted by Crippen LogP contribution is -2.29. The van der Waals surface area contributed by atoms with Crippen molar-refractivity contribution in [3.05, 3.63) is 50.8 Å². The second kappa shape index (κ2) is 8.61. The number of carbonyl (C=O) groups excluding carboxylic acids is 2. The summed E-state index contributed by atoms with van der Waals surface area (Å²) in [5.74, 6) is 0.117. The van der Waals surface area contributed by atoms with E-state index >= 15 is 0 Å². The van der Waals surface area contributed by atoms with Crippen molar-refractivity contribution in [1.29, 1.82) is 0 Å². The third kappa shape index (κ3) is 3.92. The number of nitrogens with one attached hydrogen (secondary N) is 1. The number of rotatable bonds is 6. The molecule has 1 aromatic carbocycles. The first-order valence-corrected chi connectivity index (χ1v) is 11.3. The van der Waals surface area contributed by atoms with Gasteiger partial charge in [0.05, 0.1) is 22.7 Å². The molecule has 0 unspecified atom stereocenters. The average molecular weight is 430 g/mol. The average Bonchev–Trinajstić information content (AvgIpc) is 3.45. The number of thiophene rings is 1.